The van der Waals surface area contributed by atoms with Crippen LogP contribution in [0, 0.1) is 0 Å². The Labute approximate surface area is 281 Å². The van der Waals surface area contributed by atoms with Crippen LogP contribution in [0.3, 0.4) is 0 Å². The molecule has 8 nitrogen and oxygen atoms in total. The molecule has 46 heavy (non-hydrogen) atoms. The fraction of sp³-hybridized carbons (Fsp3) is 0.703. The number of nitrogens with zero attached hydrogens (tertiary/aromatic N) is 1. The van der Waals surface area contributed by atoms with Crippen LogP contribution in [-0.4, -0.2) is 73.4 Å². The van der Waals surface area contributed by atoms with E-state index >= 15 is 0 Å². The van der Waals surface area contributed by atoms with E-state index < -0.39 is 20.0 Å². The van der Waals surface area contributed by atoms with Crippen LogP contribution in [0.2, 0.25) is 0 Å². The van der Waals surface area contributed by atoms with Crippen LogP contribution in [0.25, 0.3) is 0 Å². The molecule has 0 aliphatic rings. The molecular weight excluding hydrogens is 599 g/mol. The second kappa shape index (κ2) is 29.3. The van der Waals surface area contributed by atoms with E-state index in [4.69, 9.17) is 9.05 Å². The minimum Gasteiger partial charge on any atom is -0.387 e. The van der Waals surface area contributed by atoms with Gasteiger partial charge in [-0.05, 0) is 57.8 Å². The molecule has 3 unspecified atom stereocenters. The fourth-order valence-electron chi connectivity index (χ4n) is 4.37. The predicted molar refractivity (Wildman–Crippen MR) is 193 cm³/mol. The summed E-state index contributed by atoms with van der Waals surface area (Å²) in [5.41, 5.74) is 0. The van der Waals surface area contributed by atoms with Crippen molar-refractivity contribution in [3.05, 3.63) is 60.8 Å². The number of quaternary nitrogens is 1. The van der Waals surface area contributed by atoms with E-state index in [1.165, 1.54) is 19.3 Å². The van der Waals surface area contributed by atoms with E-state index in [0.29, 0.717) is 17.4 Å². The van der Waals surface area contributed by atoms with Crippen LogP contribution in [0.5, 0.6) is 0 Å². The molecule has 3 atom stereocenters. The Balaban J connectivity index is 4.46. The lowest BCUT2D eigenvalue weighted by Crippen LogP contribution is -2.45. The van der Waals surface area contributed by atoms with Gasteiger partial charge in [0.05, 0.1) is 39.9 Å². The summed E-state index contributed by atoms with van der Waals surface area (Å²) >= 11 is 0. The Morgan fingerprint density at radius 1 is 0.761 bits per heavy atom. The summed E-state index contributed by atoms with van der Waals surface area (Å²) in [5.74, 6) is -0.207. The van der Waals surface area contributed by atoms with Crippen LogP contribution >= 0.6 is 7.82 Å². The van der Waals surface area contributed by atoms with E-state index in [2.05, 4.69) is 67.8 Å². The van der Waals surface area contributed by atoms with Crippen LogP contribution in [-0.2, 0) is 18.4 Å². The number of hydrogen-bond acceptors (Lipinski definition) is 5. The molecule has 0 rings (SSSR count). The van der Waals surface area contributed by atoms with Gasteiger partial charge < -0.3 is 19.8 Å². The minimum absolute atomic E-state index is 0.0504. The first-order valence-electron chi connectivity index (χ1n) is 17.7. The molecule has 1 amide bonds. The molecule has 0 fully saturated rings. The normalized spacial score (nSPS) is 15.5. The van der Waals surface area contributed by atoms with E-state index in [9.17, 15) is 19.4 Å². The van der Waals surface area contributed by atoms with Gasteiger partial charge in [-0.1, -0.05) is 113 Å². The average Bonchev–Trinajstić information content (AvgIpc) is 2.99. The molecule has 0 aromatic heterocycles. The quantitative estimate of drug-likeness (QED) is 0.0306. The Bertz CT molecular complexity index is 939. The lowest BCUT2D eigenvalue weighted by Gasteiger charge is -2.25. The van der Waals surface area contributed by atoms with E-state index in [1.807, 2.05) is 27.2 Å². The lowest BCUT2D eigenvalue weighted by atomic mass is 10.1. The van der Waals surface area contributed by atoms with Crippen LogP contribution in [0.15, 0.2) is 60.8 Å². The van der Waals surface area contributed by atoms with Crippen molar-refractivity contribution in [2.45, 2.75) is 129 Å². The number of carbonyl (C=O) groups is 1. The molecule has 0 aliphatic carbocycles. The van der Waals surface area contributed by atoms with Crippen molar-refractivity contribution in [3.8, 4) is 0 Å². The number of unbranched alkanes of at least 4 members (excludes halogenated alkanes) is 9. The number of phosphoric ester groups is 1. The Morgan fingerprint density at radius 2 is 1.33 bits per heavy atom. The molecule has 0 spiro atoms. The second-order valence-corrected chi connectivity index (χ2v) is 14.3. The third kappa shape index (κ3) is 30.8. The number of allylic oxidation sites excluding steroid dienone is 9. The van der Waals surface area contributed by atoms with Gasteiger partial charge >= 0.3 is 7.82 Å². The maximum absolute atomic E-state index is 12.7. The maximum atomic E-state index is 12.7. The standard InChI is InChI=1S/C37H67N2O6P/c1-6-8-10-12-14-15-16-17-18-19-20-21-22-23-25-27-29-31-37(41)38-35(36(40)30-28-26-24-13-11-9-7-2)34-45-46(42,43)44-33-32-39(3,4)5/h8,10-11,13-15,17-18,28,30,35-36,40H,6-7,9,12,16,19-27,29,31-34H2,1-5H3,(H-,38,41,42,43)/p+1/b10-8-,13-11+,15-14-,18-17-,30-28+. The molecule has 0 aromatic rings. The second-order valence-electron chi connectivity index (χ2n) is 12.8. The zero-order valence-corrected chi connectivity index (χ0v) is 30.7. The van der Waals surface area contributed by atoms with Crippen molar-refractivity contribution in [1.82, 2.24) is 5.32 Å². The summed E-state index contributed by atoms with van der Waals surface area (Å²) in [6.45, 7) is 4.52. The topological polar surface area (TPSA) is 105 Å². The van der Waals surface area contributed by atoms with Gasteiger partial charge in [0.15, 0.2) is 0 Å². The number of rotatable bonds is 30. The van der Waals surface area contributed by atoms with E-state index in [-0.39, 0.29) is 19.1 Å². The molecule has 0 heterocycles. The van der Waals surface area contributed by atoms with Crippen molar-refractivity contribution < 1.29 is 32.9 Å². The number of aliphatic hydroxyl groups is 1. The Hall–Kier alpha value is -1.80. The fourth-order valence-corrected chi connectivity index (χ4v) is 5.11. The van der Waals surface area contributed by atoms with Gasteiger partial charge in [0.1, 0.15) is 13.2 Å². The summed E-state index contributed by atoms with van der Waals surface area (Å²) in [5, 5.41) is 13.6. The number of amides is 1. The Morgan fingerprint density at radius 3 is 1.98 bits per heavy atom. The largest absolute Gasteiger partial charge is 0.472 e. The summed E-state index contributed by atoms with van der Waals surface area (Å²) in [6, 6.07) is -0.866. The van der Waals surface area contributed by atoms with Crippen LogP contribution < -0.4 is 5.32 Å². The number of carbonyl (C=O) groups excluding carboxylic acids is 1. The highest BCUT2D eigenvalue weighted by molar-refractivity contribution is 7.47. The SMILES string of the molecule is CC/C=C\C/C=C\C/C=C\CCCCCCCCCC(=O)NC(COP(=O)(O)OCC[N+](C)(C)C)C(O)/C=C/CC/C=C/CCC. The van der Waals surface area contributed by atoms with Gasteiger partial charge in [-0.15, -0.1) is 0 Å². The van der Waals surface area contributed by atoms with Gasteiger partial charge in [-0.25, -0.2) is 4.57 Å². The highest BCUT2D eigenvalue weighted by atomic mass is 31.2. The molecule has 0 aliphatic heterocycles. The third-order valence-electron chi connectivity index (χ3n) is 7.20. The van der Waals surface area contributed by atoms with Crippen LogP contribution in [0.4, 0.5) is 0 Å². The van der Waals surface area contributed by atoms with Gasteiger partial charge in [0.2, 0.25) is 5.91 Å². The number of hydrogen-bond donors (Lipinski definition) is 3. The van der Waals surface area contributed by atoms with E-state index in [0.717, 1.165) is 77.0 Å². The highest BCUT2D eigenvalue weighted by Crippen LogP contribution is 2.43. The van der Waals surface area contributed by atoms with Crippen molar-refractivity contribution in [2.75, 3.05) is 40.9 Å². The monoisotopic (exact) mass is 667 g/mol. The first-order valence-corrected chi connectivity index (χ1v) is 19.2. The molecule has 266 valence electrons. The molecule has 0 aromatic carbocycles. The van der Waals surface area contributed by atoms with Crippen molar-refractivity contribution in [2.24, 2.45) is 0 Å². The molecule has 0 radical (unpaired) electrons. The number of phosphoric acid groups is 1. The Kier molecular flexibility index (Phi) is 28.2. The first-order chi connectivity index (χ1) is 22.0. The maximum Gasteiger partial charge on any atom is 0.472 e. The molecule has 0 bridgehead atoms. The van der Waals surface area contributed by atoms with Gasteiger partial charge in [0.25, 0.3) is 0 Å². The molecular formula is C37H68N2O6P+. The summed E-state index contributed by atoms with van der Waals surface area (Å²) in [4.78, 5) is 22.8. The van der Waals surface area contributed by atoms with Gasteiger partial charge in [-0.3, -0.25) is 13.8 Å². The predicted octanol–water partition coefficient (Wildman–Crippen LogP) is 8.73. The van der Waals surface area contributed by atoms with E-state index in [1.54, 1.807) is 6.08 Å². The van der Waals surface area contributed by atoms with Gasteiger partial charge in [-0.2, -0.15) is 0 Å². The number of likely N-dealkylation sites (N-methyl/N-ethyl adjacent to an activating group) is 1. The van der Waals surface area contributed by atoms with Crippen LogP contribution in [0.1, 0.15) is 117 Å². The summed E-state index contributed by atoms with van der Waals surface area (Å²) in [6.07, 6.45) is 35.9. The summed E-state index contributed by atoms with van der Waals surface area (Å²) in [7, 11) is 1.53. The molecule has 3 N–H and O–H groups in total. The molecule has 0 saturated carbocycles. The van der Waals surface area contributed by atoms with Gasteiger partial charge in [0, 0.05) is 6.42 Å². The zero-order chi connectivity index (χ0) is 34.4. The first kappa shape index (κ1) is 44.2. The molecule has 0 saturated heterocycles. The third-order valence-corrected chi connectivity index (χ3v) is 8.19. The zero-order valence-electron chi connectivity index (χ0n) is 29.8. The van der Waals surface area contributed by atoms with Crippen molar-refractivity contribution in [3.63, 3.8) is 0 Å². The number of aliphatic hydroxyl groups excluding tert-OH is 1. The van der Waals surface area contributed by atoms with Crippen molar-refractivity contribution >= 4 is 13.7 Å². The average molecular weight is 668 g/mol. The lowest BCUT2D eigenvalue weighted by molar-refractivity contribution is -0.870. The summed E-state index contributed by atoms with van der Waals surface area (Å²) < 4.78 is 23.3. The smallest absolute Gasteiger partial charge is 0.387 e. The highest BCUT2D eigenvalue weighted by Gasteiger charge is 2.27. The minimum atomic E-state index is -4.33. The van der Waals surface area contributed by atoms with Crippen molar-refractivity contribution in [1.29, 1.82) is 0 Å². The molecule has 9 heteroatoms. The number of nitrogens with one attached hydrogen (secondary N) is 1.